The Hall–Kier alpha value is -0.830. The molecule has 2 nitrogen and oxygen atoms in total. The molecule has 1 aromatic carbocycles. The van der Waals surface area contributed by atoms with E-state index in [-0.39, 0.29) is 6.10 Å². The van der Waals surface area contributed by atoms with Crippen LogP contribution in [-0.2, 0) is 0 Å². The van der Waals surface area contributed by atoms with Gasteiger partial charge in [0.1, 0.15) is 5.75 Å². The molecule has 0 aromatic heterocycles. The highest BCUT2D eigenvalue weighted by molar-refractivity contribution is 7.99. The van der Waals surface area contributed by atoms with Crippen LogP contribution in [-0.4, -0.2) is 11.9 Å². The summed E-state index contributed by atoms with van der Waals surface area (Å²) in [5.74, 6) is 1.97. The predicted molar refractivity (Wildman–Crippen MR) is 76.9 cm³/mol. The maximum absolute atomic E-state index is 5.88. The molecule has 3 heteroatoms. The van der Waals surface area contributed by atoms with Gasteiger partial charge < -0.3 is 10.5 Å². The Morgan fingerprint density at radius 1 is 1.29 bits per heavy atom. The molecule has 96 valence electrons. The van der Waals surface area contributed by atoms with E-state index in [0.29, 0.717) is 0 Å². The maximum Gasteiger partial charge on any atom is 0.143 e. The number of nitrogens with two attached hydrogens (primary N) is 1. The lowest BCUT2D eigenvalue weighted by Crippen LogP contribution is -2.07. The summed E-state index contributed by atoms with van der Waals surface area (Å²) in [6.45, 7) is 6.25. The number of anilines is 1. The molecule has 17 heavy (non-hydrogen) atoms. The molecule has 0 aliphatic heterocycles. The topological polar surface area (TPSA) is 35.2 Å². The van der Waals surface area contributed by atoms with Gasteiger partial charge in [-0.05, 0) is 44.2 Å². The molecule has 0 unspecified atom stereocenters. The molecule has 0 heterocycles. The Labute approximate surface area is 109 Å². The van der Waals surface area contributed by atoms with E-state index in [1.54, 1.807) is 0 Å². The first-order valence-corrected chi connectivity index (χ1v) is 7.31. The van der Waals surface area contributed by atoms with Crippen molar-refractivity contribution < 1.29 is 4.74 Å². The second-order valence-corrected chi connectivity index (χ2v) is 5.59. The minimum Gasteiger partial charge on any atom is -0.489 e. The zero-order chi connectivity index (χ0) is 12.7. The van der Waals surface area contributed by atoms with Crippen LogP contribution in [0.15, 0.2) is 23.1 Å². The molecule has 1 rings (SSSR count). The Bertz CT molecular complexity index is 339. The smallest absolute Gasteiger partial charge is 0.143 e. The third kappa shape index (κ3) is 5.35. The van der Waals surface area contributed by atoms with Gasteiger partial charge in [0.25, 0.3) is 0 Å². The first kappa shape index (κ1) is 14.2. The maximum atomic E-state index is 5.88. The van der Waals surface area contributed by atoms with E-state index in [1.165, 1.54) is 29.9 Å². The number of unbranched alkanes of at least 4 members (excludes halogenated alkanes) is 2. The summed E-state index contributed by atoms with van der Waals surface area (Å²) in [5.41, 5.74) is 6.60. The van der Waals surface area contributed by atoms with Gasteiger partial charge in [-0.15, -0.1) is 11.8 Å². The lowest BCUT2D eigenvalue weighted by molar-refractivity contribution is 0.243. The molecule has 0 amide bonds. The Kier molecular flexibility index (Phi) is 6.27. The highest BCUT2D eigenvalue weighted by Gasteiger charge is 2.04. The summed E-state index contributed by atoms with van der Waals surface area (Å²) in [6.07, 6.45) is 4.01. The minimum atomic E-state index is 0.164. The van der Waals surface area contributed by atoms with Gasteiger partial charge in [-0.25, -0.2) is 0 Å². The van der Waals surface area contributed by atoms with E-state index in [4.69, 9.17) is 10.5 Å². The molecular formula is C14H23NOS. The standard InChI is InChI=1S/C14H23NOS/c1-4-5-6-9-17-12-7-8-13(15)14(10-12)16-11(2)3/h7-8,10-11H,4-6,9,15H2,1-3H3. The van der Waals surface area contributed by atoms with Crippen molar-refractivity contribution in [2.24, 2.45) is 0 Å². The normalized spacial score (nSPS) is 10.8. The van der Waals surface area contributed by atoms with E-state index < -0.39 is 0 Å². The van der Waals surface area contributed by atoms with Gasteiger partial charge in [-0.3, -0.25) is 0 Å². The molecule has 0 saturated carbocycles. The van der Waals surface area contributed by atoms with Crippen molar-refractivity contribution in [3.05, 3.63) is 18.2 Å². The van der Waals surface area contributed by atoms with Crippen LogP contribution >= 0.6 is 11.8 Å². The van der Waals surface area contributed by atoms with Crippen LogP contribution in [0.3, 0.4) is 0 Å². The number of ether oxygens (including phenoxy) is 1. The van der Waals surface area contributed by atoms with Crippen molar-refractivity contribution in [1.29, 1.82) is 0 Å². The van der Waals surface area contributed by atoms with Gasteiger partial charge in [0.2, 0.25) is 0 Å². The first-order chi connectivity index (χ1) is 8.13. The van der Waals surface area contributed by atoms with E-state index in [9.17, 15) is 0 Å². The Balaban J connectivity index is 2.55. The molecular weight excluding hydrogens is 230 g/mol. The monoisotopic (exact) mass is 253 g/mol. The molecule has 1 aromatic rings. The summed E-state index contributed by atoms with van der Waals surface area (Å²) in [7, 11) is 0. The number of nitrogen functional groups attached to an aromatic ring is 1. The van der Waals surface area contributed by atoms with Crippen LogP contribution in [0, 0.1) is 0 Å². The predicted octanol–water partition coefficient (Wildman–Crippen LogP) is 4.34. The molecule has 0 fully saturated rings. The van der Waals surface area contributed by atoms with Crippen molar-refractivity contribution in [3.63, 3.8) is 0 Å². The summed E-state index contributed by atoms with van der Waals surface area (Å²) < 4.78 is 5.67. The van der Waals surface area contributed by atoms with Crippen molar-refractivity contribution in [2.75, 3.05) is 11.5 Å². The fourth-order valence-electron chi connectivity index (χ4n) is 1.50. The van der Waals surface area contributed by atoms with Gasteiger partial charge >= 0.3 is 0 Å². The molecule has 0 bridgehead atoms. The zero-order valence-corrected chi connectivity index (χ0v) is 11.8. The summed E-state index contributed by atoms with van der Waals surface area (Å²) >= 11 is 1.87. The van der Waals surface area contributed by atoms with Crippen LogP contribution in [0.5, 0.6) is 5.75 Å². The number of hydrogen-bond donors (Lipinski definition) is 1. The van der Waals surface area contributed by atoms with Crippen LogP contribution in [0.2, 0.25) is 0 Å². The SMILES string of the molecule is CCCCCSc1ccc(N)c(OC(C)C)c1. The summed E-state index contributed by atoms with van der Waals surface area (Å²) in [6, 6.07) is 6.05. The number of thioether (sulfide) groups is 1. The fourth-order valence-corrected chi connectivity index (χ4v) is 2.44. The average Bonchev–Trinajstić information content (AvgIpc) is 2.28. The highest BCUT2D eigenvalue weighted by atomic mass is 32.2. The van der Waals surface area contributed by atoms with Gasteiger partial charge in [0, 0.05) is 4.90 Å². The Morgan fingerprint density at radius 3 is 2.71 bits per heavy atom. The molecule has 0 saturated heterocycles. The van der Waals surface area contributed by atoms with Gasteiger partial charge in [-0.1, -0.05) is 19.8 Å². The average molecular weight is 253 g/mol. The molecule has 0 atom stereocenters. The summed E-state index contributed by atoms with van der Waals surface area (Å²) in [4.78, 5) is 1.24. The van der Waals surface area contributed by atoms with Crippen molar-refractivity contribution in [3.8, 4) is 5.75 Å². The van der Waals surface area contributed by atoms with Crippen molar-refractivity contribution in [2.45, 2.75) is 51.0 Å². The Morgan fingerprint density at radius 2 is 2.06 bits per heavy atom. The second kappa shape index (κ2) is 7.49. The second-order valence-electron chi connectivity index (χ2n) is 4.42. The van der Waals surface area contributed by atoms with E-state index >= 15 is 0 Å². The lowest BCUT2D eigenvalue weighted by Gasteiger charge is -2.13. The van der Waals surface area contributed by atoms with Gasteiger partial charge in [0.05, 0.1) is 11.8 Å². The van der Waals surface area contributed by atoms with E-state index in [2.05, 4.69) is 13.0 Å². The van der Waals surface area contributed by atoms with Crippen LogP contribution < -0.4 is 10.5 Å². The fraction of sp³-hybridized carbons (Fsp3) is 0.571. The van der Waals surface area contributed by atoms with Crippen molar-refractivity contribution in [1.82, 2.24) is 0 Å². The number of rotatable bonds is 7. The van der Waals surface area contributed by atoms with Crippen molar-refractivity contribution >= 4 is 17.4 Å². The molecule has 0 radical (unpaired) electrons. The zero-order valence-electron chi connectivity index (χ0n) is 11.0. The molecule has 2 N–H and O–H groups in total. The van der Waals surface area contributed by atoms with Gasteiger partial charge in [0.15, 0.2) is 0 Å². The third-order valence-electron chi connectivity index (χ3n) is 2.36. The van der Waals surface area contributed by atoms with Crippen LogP contribution in [0.1, 0.15) is 40.0 Å². The van der Waals surface area contributed by atoms with E-state index in [1.807, 2.05) is 37.7 Å². The summed E-state index contributed by atoms with van der Waals surface area (Å²) in [5, 5.41) is 0. The lowest BCUT2D eigenvalue weighted by atomic mass is 10.3. The van der Waals surface area contributed by atoms with Gasteiger partial charge in [-0.2, -0.15) is 0 Å². The van der Waals surface area contributed by atoms with E-state index in [0.717, 1.165) is 11.4 Å². The molecule has 0 aliphatic carbocycles. The molecule has 0 spiro atoms. The minimum absolute atomic E-state index is 0.164. The molecule has 0 aliphatic rings. The van der Waals surface area contributed by atoms with Crippen LogP contribution in [0.4, 0.5) is 5.69 Å². The largest absolute Gasteiger partial charge is 0.489 e. The quantitative estimate of drug-likeness (QED) is 0.446. The van der Waals surface area contributed by atoms with Crippen LogP contribution in [0.25, 0.3) is 0 Å². The number of hydrogen-bond acceptors (Lipinski definition) is 3. The number of benzene rings is 1. The third-order valence-corrected chi connectivity index (χ3v) is 3.44. The highest BCUT2D eigenvalue weighted by Crippen LogP contribution is 2.29. The first-order valence-electron chi connectivity index (χ1n) is 6.32.